The summed E-state index contributed by atoms with van der Waals surface area (Å²) in [4.78, 5) is 6.77. The molecule has 2 aliphatic rings. The van der Waals surface area contributed by atoms with Crippen LogP contribution in [0, 0.1) is 0 Å². The first-order chi connectivity index (χ1) is 6.27. The number of nitrogens with one attached hydrogen (secondary N) is 1. The van der Waals surface area contributed by atoms with Crippen molar-refractivity contribution in [2.24, 2.45) is 4.99 Å². The SMILES string of the molecule is CC1CN=C(N2CCOCC2C)N1. The summed E-state index contributed by atoms with van der Waals surface area (Å²) in [5, 5.41) is 3.37. The minimum Gasteiger partial charge on any atom is -0.377 e. The molecule has 2 aliphatic heterocycles. The summed E-state index contributed by atoms with van der Waals surface area (Å²) in [6.07, 6.45) is 0. The van der Waals surface area contributed by atoms with Crippen LogP contribution in [0.3, 0.4) is 0 Å². The maximum Gasteiger partial charge on any atom is 0.194 e. The van der Waals surface area contributed by atoms with Gasteiger partial charge in [0.25, 0.3) is 0 Å². The van der Waals surface area contributed by atoms with Crippen molar-refractivity contribution in [1.29, 1.82) is 0 Å². The van der Waals surface area contributed by atoms with E-state index in [2.05, 4.69) is 29.1 Å². The third-order valence-corrected chi connectivity index (χ3v) is 2.53. The molecule has 2 atom stereocenters. The zero-order valence-corrected chi connectivity index (χ0v) is 8.29. The van der Waals surface area contributed by atoms with Gasteiger partial charge in [0, 0.05) is 12.6 Å². The van der Waals surface area contributed by atoms with Gasteiger partial charge in [-0.3, -0.25) is 4.99 Å². The molecule has 0 aliphatic carbocycles. The minimum atomic E-state index is 0.449. The number of rotatable bonds is 0. The van der Waals surface area contributed by atoms with Crippen LogP contribution in [-0.2, 0) is 4.74 Å². The first kappa shape index (κ1) is 8.81. The van der Waals surface area contributed by atoms with Crippen molar-refractivity contribution in [1.82, 2.24) is 10.2 Å². The van der Waals surface area contributed by atoms with E-state index in [0.717, 1.165) is 32.3 Å². The van der Waals surface area contributed by atoms with E-state index in [-0.39, 0.29) is 0 Å². The predicted octanol–water partition coefficient (Wildman–Crippen LogP) is 0.0548. The summed E-state index contributed by atoms with van der Waals surface area (Å²) < 4.78 is 5.37. The quantitative estimate of drug-likeness (QED) is 0.577. The van der Waals surface area contributed by atoms with Gasteiger partial charge in [-0.15, -0.1) is 0 Å². The molecule has 0 aromatic rings. The van der Waals surface area contributed by atoms with E-state index < -0.39 is 0 Å². The average Bonchev–Trinajstić information content (AvgIpc) is 2.53. The van der Waals surface area contributed by atoms with Crippen molar-refractivity contribution in [2.45, 2.75) is 25.9 Å². The highest BCUT2D eigenvalue weighted by molar-refractivity contribution is 5.82. The van der Waals surface area contributed by atoms with Crippen molar-refractivity contribution in [3.8, 4) is 0 Å². The molecule has 1 fully saturated rings. The molecule has 0 aromatic carbocycles. The fourth-order valence-electron chi connectivity index (χ4n) is 1.75. The van der Waals surface area contributed by atoms with E-state index in [1.54, 1.807) is 0 Å². The van der Waals surface area contributed by atoms with E-state index >= 15 is 0 Å². The topological polar surface area (TPSA) is 36.9 Å². The largest absolute Gasteiger partial charge is 0.377 e. The van der Waals surface area contributed by atoms with Gasteiger partial charge in [-0.05, 0) is 13.8 Å². The molecule has 0 radical (unpaired) electrons. The fourth-order valence-corrected chi connectivity index (χ4v) is 1.75. The smallest absolute Gasteiger partial charge is 0.194 e. The van der Waals surface area contributed by atoms with Gasteiger partial charge in [-0.2, -0.15) is 0 Å². The third-order valence-electron chi connectivity index (χ3n) is 2.53. The van der Waals surface area contributed by atoms with Crippen molar-refractivity contribution < 1.29 is 4.74 Å². The molecule has 2 unspecified atom stereocenters. The standard InChI is InChI=1S/C9H17N3O/c1-7-5-10-9(11-7)12-3-4-13-6-8(12)2/h7-8H,3-6H2,1-2H3,(H,10,11). The number of ether oxygens (including phenoxy) is 1. The van der Waals surface area contributed by atoms with E-state index in [4.69, 9.17) is 4.74 Å². The summed E-state index contributed by atoms with van der Waals surface area (Å²) >= 11 is 0. The average molecular weight is 183 g/mol. The van der Waals surface area contributed by atoms with Gasteiger partial charge in [-0.1, -0.05) is 0 Å². The third kappa shape index (κ3) is 1.77. The Hall–Kier alpha value is -0.770. The number of guanidine groups is 1. The van der Waals surface area contributed by atoms with Gasteiger partial charge in [-0.25, -0.2) is 0 Å². The summed E-state index contributed by atoms with van der Waals surface area (Å²) in [5.41, 5.74) is 0. The summed E-state index contributed by atoms with van der Waals surface area (Å²) in [7, 11) is 0. The Morgan fingerprint density at radius 3 is 3.00 bits per heavy atom. The first-order valence-electron chi connectivity index (χ1n) is 4.93. The van der Waals surface area contributed by atoms with Crippen LogP contribution in [0.15, 0.2) is 4.99 Å². The lowest BCUT2D eigenvalue weighted by molar-refractivity contribution is 0.0318. The van der Waals surface area contributed by atoms with Crippen LogP contribution in [0.5, 0.6) is 0 Å². The van der Waals surface area contributed by atoms with Gasteiger partial charge in [0.15, 0.2) is 5.96 Å². The van der Waals surface area contributed by atoms with Crippen molar-refractivity contribution in [2.75, 3.05) is 26.3 Å². The molecule has 13 heavy (non-hydrogen) atoms. The van der Waals surface area contributed by atoms with Gasteiger partial charge in [0.2, 0.25) is 0 Å². The molecule has 2 rings (SSSR count). The Balaban J connectivity index is 1.99. The van der Waals surface area contributed by atoms with Crippen LogP contribution in [0.2, 0.25) is 0 Å². The van der Waals surface area contributed by atoms with E-state index in [9.17, 15) is 0 Å². The molecule has 1 saturated heterocycles. The molecular weight excluding hydrogens is 166 g/mol. The van der Waals surface area contributed by atoms with Crippen LogP contribution in [0.25, 0.3) is 0 Å². The lowest BCUT2D eigenvalue weighted by atomic mass is 10.3. The summed E-state index contributed by atoms with van der Waals surface area (Å²) in [6.45, 7) is 7.82. The molecule has 0 aromatic heterocycles. The molecule has 0 saturated carbocycles. The van der Waals surface area contributed by atoms with Crippen LogP contribution in [-0.4, -0.2) is 49.2 Å². The number of morpholine rings is 1. The molecule has 2 heterocycles. The lowest BCUT2D eigenvalue weighted by Gasteiger charge is -2.34. The van der Waals surface area contributed by atoms with E-state index in [1.165, 1.54) is 0 Å². The molecule has 0 amide bonds. The highest BCUT2D eigenvalue weighted by Gasteiger charge is 2.25. The van der Waals surface area contributed by atoms with E-state index in [0.29, 0.717) is 12.1 Å². The summed E-state index contributed by atoms with van der Waals surface area (Å²) in [6, 6.07) is 0.940. The zero-order valence-electron chi connectivity index (χ0n) is 8.29. The van der Waals surface area contributed by atoms with Gasteiger partial charge < -0.3 is 15.0 Å². The predicted molar refractivity (Wildman–Crippen MR) is 51.9 cm³/mol. The second-order valence-electron chi connectivity index (χ2n) is 3.83. The Labute approximate surface area is 79.0 Å². The molecule has 4 nitrogen and oxygen atoms in total. The van der Waals surface area contributed by atoms with Crippen LogP contribution in [0.4, 0.5) is 0 Å². The Morgan fingerprint density at radius 2 is 2.38 bits per heavy atom. The van der Waals surface area contributed by atoms with E-state index in [1.807, 2.05) is 0 Å². The monoisotopic (exact) mass is 183 g/mol. The highest BCUT2D eigenvalue weighted by atomic mass is 16.5. The maximum atomic E-state index is 5.37. The van der Waals surface area contributed by atoms with Crippen molar-refractivity contribution >= 4 is 5.96 Å². The van der Waals surface area contributed by atoms with Gasteiger partial charge in [0.1, 0.15) is 0 Å². The number of hydrogen-bond donors (Lipinski definition) is 1. The van der Waals surface area contributed by atoms with Gasteiger partial charge in [0.05, 0.1) is 25.8 Å². The molecule has 4 heteroatoms. The number of hydrogen-bond acceptors (Lipinski definition) is 4. The summed E-state index contributed by atoms with van der Waals surface area (Å²) in [5.74, 6) is 1.06. The molecule has 1 N–H and O–H groups in total. The maximum absolute atomic E-state index is 5.37. The zero-order chi connectivity index (χ0) is 9.26. The normalized spacial score (nSPS) is 34.3. The van der Waals surface area contributed by atoms with Crippen LogP contribution >= 0.6 is 0 Å². The Morgan fingerprint density at radius 1 is 1.54 bits per heavy atom. The molecule has 0 bridgehead atoms. The molecule has 74 valence electrons. The van der Waals surface area contributed by atoms with Crippen molar-refractivity contribution in [3.05, 3.63) is 0 Å². The number of nitrogens with zero attached hydrogens (tertiary/aromatic N) is 2. The highest BCUT2D eigenvalue weighted by Crippen LogP contribution is 2.09. The Kier molecular flexibility index (Phi) is 2.40. The van der Waals surface area contributed by atoms with Crippen LogP contribution in [0.1, 0.15) is 13.8 Å². The van der Waals surface area contributed by atoms with Gasteiger partial charge >= 0.3 is 0 Å². The van der Waals surface area contributed by atoms with Crippen LogP contribution < -0.4 is 5.32 Å². The molecular formula is C9H17N3O. The lowest BCUT2D eigenvalue weighted by Crippen LogP contribution is -2.51. The second-order valence-corrected chi connectivity index (χ2v) is 3.83. The fraction of sp³-hybridized carbons (Fsp3) is 0.889. The second kappa shape index (κ2) is 3.54. The van der Waals surface area contributed by atoms with Crippen molar-refractivity contribution in [3.63, 3.8) is 0 Å². The Bertz CT molecular complexity index is 217. The molecule has 0 spiro atoms. The number of aliphatic imine (C=N–C) groups is 1. The first-order valence-corrected chi connectivity index (χ1v) is 4.93. The minimum absolute atomic E-state index is 0.449.